The Bertz CT molecular complexity index is 1370. The highest BCUT2D eigenvalue weighted by Crippen LogP contribution is 2.09. The van der Waals surface area contributed by atoms with Crippen molar-refractivity contribution in [1.82, 2.24) is 16.0 Å². The Morgan fingerprint density at radius 2 is 0.977 bits per heavy atom. The molecule has 0 aromatic heterocycles. The summed E-state index contributed by atoms with van der Waals surface area (Å²) >= 11 is 0. The van der Waals surface area contributed by atoms with Gasteiger partial charge in [-0.25, -0.2) is 4.79 Å². The average molecular weight is 588 g/mol. The zero-order valence-corrected chi connectivity index (χ0v) is 23.6. The third-order valence-corrected chi connectivity index (χ3v) is 6.76. The van der Waals surface area contributed by atoms with E-state index in [1.165, 1.54) is 0 Å². The normalized spacial score (nSPS) is 13.5. The fourth-order valence-electron chi connectivity index (χ4n) is 4.45. The van der Waals surface area contributed by atoms with E-state index in [-0.39, 0.29) is 32.1 Å². The van der Waals surface area contributed by atoms with E-state index >= 15 is 0 Å². The highest BCUT2D eigenvalue weighted by atomic mass is 16.4. The van der Waals surface area contributed by atoms with Crippen LogP contribution in [0, 0.1) is 0 Å². The van der Waals surface area contributed by atoms with Gasteiger partial charge in [-0.3, -0.25) is 19.2 Å². The van der Waals surface area contributed by atoms with Crippen molar-refractivity contribution in [2.45, 2.75) is 56.3 Å². The molecule has 0 saturated carbocycles. The first-order chi connectivity index (χ1) is 20.6. The predicted molar refractivity (Wildman–Crippen MR) is 160 cm³/mol. The SMILES string of the molecule is NC(=O)CC[C@H](NC(=O)[C@H](Cc1ccccc1)NC(=O)[C@@H](N)Cc1ccccc1)C(=O)N[C@@H](Cc1ccccc1)C(=O)O. The number of carbonyl (C=O) groups excluding carboxylic acids is 4. The molecule has 0 aliphatic rings. The smallest absolute Gasteiger partial charge is 0.326 e. The van der Waals surface area contributed by atoms with E-state index in [0.29, 0.717) is 5.56 Å². The largest absolute Gasteiger partial charge is 0.480 e. The maximum absolute atomic E-state index is 13.6. The quantitative estimate of drug-likeness (QED) is 0.143. The van der Waals surface area contributed by atoms with E-state index in [2.05, 4.69) is 16.0 Å². The number of carboxylic acids is 1. The number of nitrogens with one attached hydrogen (secondary N) is 3. The Labute approximate surface area is 250 Å². The van der Waals surface area contributed by atoms with Crippen molar-refractivity contribution in [2.75, 3.05) is 0 Å². The molecule has 4 atom stereocenters. The Morgan fingerprint density at radius 1 is 0.581 bits per heavy atom. The van der Waals surface area contributed by atoms with E-state index in [1.54, 1.807) is 54.6 Å². The van der Waals surface area contributed by atoms with Crippen molar-refractivity contribution in [3.05, 3.63) is 108 Å². The zero-order chi connectivity index (χ0) is 31.2. The van der Waals surface area contributed by atoms with Crippen LogP contribution in [0.5, 0.6) is 0 Å². The van der Waals surface area contributed by atoms with Crippen LogP contribution in [-0.4, -0.2) is 58.9 Å². The molecular weight excluding hydrogens is 550 g/mol. The lowest BCUT2D eigenvalue weighted by Gasteiger charge is -2.25. The molecule has 226 valence electrons. The van der Waals surface area contributed by atoms with Gasteiger partial charge in [-0.1, -0.05) is 91.0 Å². The van der Waals surface area contributed by atoms with Crippen LogP contribution in [0.15, 0.2) is 91.0 Å². The number of primary amides is 1. The fraction of sp³-hybridized carbons (Fsp3) is 0.281. The number of benzene rings is 3. The van der Waals surface area contributed by atoms with Gasteiger partial charge >= 0.3 is 5.97 Å². The number of aliphatic carboxylic acids is 1. The van der Waals surface area contributed by atoms with Gasteiger partial charge in [0.1, 0.15) is 18.1 Å². The molecule has 0 aliphatic heterocycles. The Morgan fingerprint density at radius 3 is 1.44 bits per heavy atom. The van der Waals surface area contributed by atoms with Crippen molar-refractivity contribution in [3.8, 4) is 0 Å². The molecule has 0 aliphatic carbocycles. The minimum absolute atomic E-state index is 0.00436. The van der Waals surface area contributed by atoms with Gasteiger partial charge in [0.2, 0.25) is 23.6 Å². The van der Waals surface area contributed by atoms with Crippen molar-refractivity contribution < 1.29 is 29.1 Å². The first-order valence-corrected chi connectivity index (χ1v) is 13.9. The Kier molecular flexibility index (Phi) is 12.4. The van der Waals surface area contributed by atoms with Crippen LogP contribution in [-0.2, 0) is 43.2 Å². The van der Waals surface area contributed by atoms with E-state index in [0.717, 1.165) is 11.1 Å². The number of hydrogen-bond acceptors (Lipinski definition) is 6. The maximum Gasteiger partial charge on any atom is 0.326 e. The molecule has 0 heterocycles. The molecule has 4 amide bonds. The molecule has 0 saturated heterocycles. The third-order valence-electron chi connectivity index (χ3n) is 6.76. The van der Waals surface area contributed by atoms with Gasteiger partial charge in [0.05, 0.1) is 6.04 Å². The van der Waals surface area contributed by atoms with Crippen LogP contribution >= 0.6 is 0 Å². The lowest BCUT2D eigenvalue weighted by molar-refractivity contribution is -0.142. The molecular formula is C32H37N5O6. The molecule has 43 heavy (non-hydrogen) atoms. The van der Waals surface area contributed by atoms with Crippen LogP contribution in [0.25, 0.3) is 0 Å². The van der Waals surface area contributed by atoms with Gasteiger partial charge in [-0.2, -0.15) is 0 Å². The van der Waals surface area contributed by atoms with Gasteiger partial charge in [0, 0.05) is 19.3 Å². The number of nitrogens with two attached hydrogens (primary N) is 2. The zero-order valence-electron chi connectivity index (χ0n) is 23.6. The van der Waals surface area contributed by atoms with Crippen LogP contribution < -0.4 is 27.4 Å². The number of hydrogen-bond donors (Lipinski definition) is 6. The average Bonchev–Trinajstić information content (AvgIpc) is 2.99. The Balaban J connectivity index is 1.77. The van der Waals surface area contributed by atoms with E-state index < -0.39 is 53.8 Å². The minimum atomic E-state index is -1.30. The first kappa shape index (κ1) is 32.5. The second kappa shape index (κ2) is 16.4. The highest BCUT2D eigenvalue weighted by molar-refractivity contribution is 5.94. The van der Waals surface area contributed by atoms with Gasteiger partial charge in [0.15, 0.2) is 0 Å². The maximum atomic E-state index is 13.6. The Hall–Kier alpha value is -5.03. The summed E-state index contributed by atoms with van der Waals surface area (Å²) in [6.07, 6.45) is -0.0820. The lowest BCUT2D eigenvalue weighted by atomic mass is 10.0. The summed E-state index contributed by atoms with van der Waals surface area (Å²) < 4.78 is 0. The topological polar surface area (TPSA) is 194 Å². The highest BCUT2D eigenvalue weighted by Gasteiger charge is 2.31. The van der Waals surface area contributed by atoms with Gasteiger partial charge < -0.3 is 32.5 Å². The molecule has 0 unspecified atom stereocenters. The van der Waals surface area contributed by atoms with Gasteiger partial charge in [-0.05, 0) is 29.5 Å². The van der Waals surface area contributed by atoms with Crippen molar-refractivity contribution >= 4 is 29.6 Å². The summed E-state index contributed by atoms with van der Waals surface area (Å²) in [6.45, 7) is 0. The second-order valence-electron chi connectivity index (χ2n) is 10.2. The van der Waals surface area contributed by atoms with E-state index in [1.807, 2.05) is 36.4 Å². The van der Waals surface area contributed by atoms with E-state index in [9.17, 15) is 29.1 Å². The second-order valence-corrected chi connectivity index (χ2v) is 10.2. The number of carbonyl (C=O) groups is 5. The third kappa shape index (κ3) is 11.0. The molecule has 11 heteroatoms. The molecule has 0 bridgehead atoms. The van der Waals surface area contributed by atoms with Crippen LogP contribution in [0.2, 0.25) is 0 Å². The number of amides is 4. The van der Waals surface area contributed by atoms with Crippen LogP contribution in [0.3, 0.4) is 0 Å². The summed E-state index contributed by atoms with van der Waals surface area (Å²) in [4.78, 5) is 63.4. The molecule has 11 nitrogen and oxygen atoms in total. The number of carboxylic acid groups (broad SMARTS) is 1. The summed E-state index contributed by atoms with van der Waals surface area (Å²) in [5, 5.41) is 17.5. The van der Waals surface area contributed by atoms with Gasteiger partial charge in [0.25, 0.3) is 0 Å². The fourth-order valence-corrected chi connectivity index (χ4v) is 4.45. The molecule has 3 aromatic carbocycles. The summed E-state index contributed by atoms with van der Waals surface area (Å²) in [7, 11) is 0. The van der Waals surface area contributed by atoms with Crippen molar-refractivity contribution in [1.29, 1.82) is 0 Å². The minimum Gasteiger partial charge on any atom is -0.480 e. The van der Waals surface area contributed by atoms with Crippen LogP contribution in [0.1, 0.15) is 29.5 Å². The monoisotopic (exact) mass is 587 g/mol. The summed E-state index contributed by atoms with van der Waals surface area (Å²) in [5.41, 5.74) is 13.7. The van der Waals surface area contributed by atoms with E-state index in [4.69, 9.17) is 11.5 Å². The molecule has 0 radical (unpaired) electrons. The molecule has 0 spiro atoms. The summed E-state index contributed by atoms with van der Waals surface area (Å²) in [5.74, 6) is -4.04. The molecule has 3 aromatic rings. The molecule has 0 fully saturated rings. The molecule has 3 rings (SSSR count). The summed E-state index contributed by atoms with van der Waals surface area (Å²) in [6, 6.07) is 22.2. The van der Waals surface area contributed by atoms with Crippen molar-refractivity contribution in [2.24, 2.45) is 11.5 Å². The van der Waals surface area contributed by atoms with Crippen LogP contribution in [0.4, 0.5) is 0 Å². The molecule has 8 N–H and O–H groups in total. The van der Waals surface area contributed by atoms with Crippen molar-refractivity contribution in [3.63, 3.8) is 0 Å². The number of rotatable bonds is 16. The predicted octanol–water partition coefficient (Wildman–Crippen LogP) is 0.846. The van der Waals surface area contributed by atoms with Gasteiger partial charge in [-0.15, -0.1) is 0 Å². The first-order valence-electron chi connectivity index (χ1n) is 13.9. The standard InChI is InChI=1S/C32H37N5O6/c33-24(18-21-10-4-1-5-11-21)29(39)36-26(19-22-12-6-2-7-13-22)31(41)35-25(16-17-28(34)38)30(40)37-27(32(42)43)20-23-14-8-3-9-15-23/h1-15,24-27H,16-20,33H2,(H2,34,38)(H,35,41)(H,36,39)(H,37,40)(H,42,43)/t24-,25-,26-,27-/m0/s1. The lowest BCUT2D eigenvalue weighted by Crippen LogP contribution is -2.58.